The lowest BCUT2D eigenvalue weighted by Gasteiger charge is -2.29. The molecule has 2 aliphatic heterocycles. The van der Waals surface area contributed by atoms with Crippen LogP contribution in [0.25, 0.3) is 21.7 Å². The van der Waals surface area contributed by atoms with Crippen LogP contribution in [-0.4, -0.2) is 82.6 Å². The quantitative estimate of drug-likeness (QED) is 0.185. The predicted molar refractivity (Wildman–Crippen MR) is 198 cm³/mol. The van der Waals surface area contributed by atoms with Crippen molar-refractivity contribution in [1.29, 1.82) is 0 Å². The zero-order chi connectivity index (χ0) is 37.6. The fourth-order valence-corrected chi connectivity index (χ4v) is 9.04. The first kappa shape index (κ1) is 35.7. The Hall–Kier alpha value is -5.31. The van der Waals surface area contributed by atoms with Crippen molar-refractivity contribution in [2.45, 2.75) is 93.7 Å². The molecule has 4 aliphatic rings. The van der Waals surface area contributed by atoms with Crippen LogP contribution in [0, 0.1) is 12.8 Å². The Kier molecular flexibility index (Phi) is 9.36. The van der Waals surface area contributed by atoms with Crippen LogP contribution in [0.5, 0.6) is 5.88 Å². The minimum absolute atomic E-state index is 0.00617. The maximum Gasteiger partial charge on any atom is 0.274 e. The zero-order valence-electron chi connectivity index (χ0n) is 29.8. The van der Waals surface area contributed by atoms with Crippen LogP contribution in [0.1, 0.15) is 74.0 Å². The summed E-state index contributed by atoms with van der Waals surface area (Å²) in [5.74, 6) is -2.11. The summed E-state index contributed by atoms with van der Waals surface area (Å²) in [5, 5.41) is 11.6. The van der Waals surface area contributed by atoms with Crippen molar-refractivity contribution >= 4 is 55.3 Å². The highest BCUT2D eigenvalue weighted by atomic mass is 32.2. The van der Waals surface area contributed by atoms with Gasteiger partial charge in [0.2, 0.25) is 27.7 Å². The van der Waals surface area contributed by atoms with E-state index in [2.05, 4.69) is 20.5 Å². The monoisotopic (exact) mass is 754 g/mol. The average molecular weight is 755 g/mol. The highest BCUT2D eigenvalue weighted by molar-refractivity contribution is 7.91. The third-order valence-electron chi connectivity index (χ3n) is 10.9. The Morgan fingerprint density at radius 1 is 1.00 bits per heavy atom. The van der Waals surface area contributed by atoms with E-state index in [0.29, 0.717) is 43.7 Å². The minimum atomic E-state index is -3.89. The Labute approximate surface area is 312 Å². The van der Waals surface area contributed by atoms with E-state index in [9.17, 15) is 27.6 Å². The van der Waals surface area contributed by atoms with Gasteiger partial charge in [0.05, 0.1) is 17.3 Å². The van der Waals surface area contributed by atoms with E-state index in [-0.39, 0.29) is 25.1 Å². The number of hydrogen-bond acceptors (Lipinski definition) is 10. The Balaban J connectivity index is 1.12. The molecule has 282 valence electrons. The minimum Gasteiger partial charge on any atom is -0.472 e. The van der Waals surface area contributed by atoms with Gasteiger partial charge in [-0.15, -0.1) is 0 Å². The Bertz CT molecular complexity index is 2290. The molecular weight excluding hydrogens is 713 g/mol. The van der Waals surface area contributed by atoms with Gasteiger partial charge in [0, 0.05) is 29.2 Å². The molecule has 54 heavy (non-hydrogen) atoms. The van der Waals surface area contributed by atoms with E-state index in [1.807, 2.05) is 60.7 Å². The smallest absolute Gasteiger partial charge is 0.274 e. The maximum absolute atomic E-state index is 14.6. The molecule has 15 heteroatoms. The van der Waals surface area contributed by atoms with E-state index >= 15 is 0 Å². The fourth-order valence-electron chi connectivity index (χ4n) is 7.67. The number of ether oxygens (including phenoxy) is 1. The van der Waals surface area contributed by atoms with Crippen molar-refractivity contribution in [2.24, 2.45) is 5.92 Å². The van der Waals surface area contributed by atoms with Crippen LogP contribution in [-0.2, 0) is 24.4 Å². The van der Waals surface area contributed by atoms with E-state index in [0.717, 1.165) is 34.5 Å². The molecule has 2 aromatic heterocycles. The molecule has 0 radical (unpaired) electrons. The Morgan fingerprint density at radius 2 is 1.76 bits per heavy atom. The number of fused-ring (bicyclic) bond motifs is 5. The number of para-hydroxylation sites is 1. The van der Waals surface area contributed by atoms with Gasteiger partial charge in [-0.1, -0.05) is 66.5 Å². The molecule has 0 spiro atoms. The largest absolute Gasteiger partial charge is 0.472 e. The summed E-state index contributed by atoms with van der Waals surface area (Å²) >= 11 is 0. The number of benzene rings is 2. The van der Waals surface area contributed by atoms with Crippen molar-refractivity contribution in [3.05, 3.63) is 78.2 Å². The summed E-state index contributed by atoms with van der Waals surface area (Å²) in [5.41, 5.74) is -0.750. The van der Waals surface area contributed by atoms with Crippen molar-refractivity contribution in [3.63, 3.8) is 0 Å². The molecule has 0 bridgehead atoms. The van der Waals surface area contributed by atoms with Gasteiger partial charge in [-0.3, -0.25) is 23.9 Å². The number of aromatic nitrogens is 2. The topological polar surface area (TPSA) is 190 Å². The molecular formula is C39H42N6O8S. The van der Waals surface area contributed by atoms with Crippen LogP contribution >= 0.6 is 0 Å². The number of carbonyl (C=O) groups is 4. The first-order chi connectivity index (χ1) is 26.0. The predicted octanol–water partition coefficient (Wildman–Crippen LogP) is 3.83. The number of sulfonamides is 1. The van der Waals surface area contributed by atoms with Crippen LogP contribution < -0.4 is 20.1 Å². The van der Waals surface area contributed by atoms with E-state index in [1.54, 1.807) is 6.92 Å². The van der Waals surface area contributed by atoms with Gasteiger partial charge in [-0.2, -0.15) is 0 Å². The average Bonchev–Trinajstić information content (AvgIpc) is 4.05. The van der Waals surface area contributed by atoms with E-state index in [4.69, 9.17) is 14.2 Å². The number of nitrogens with one attached hydrogen (secondary N) is 3. The molecule has 1 saturated heterocycles. The molecule has 4 heterocycles. The highest BCUT2D eigenvalue weighted by Gasteiger charge is 2.62. The molecule has 0 unspecified atom stereocenters. The van der Waals surface area contributed by atoms with Gasteiger partial charge in [0.25, 0.3) is 11.8 Å². The number of pyridine rings is 1. The summed E-state index contributed by atoms with van der Waals surface area (Å²) < 4.78 is 39.6. The summed E-state index contributed by atoms with van der Waals surface area (Å²) in [7, 11) is -3.89. The van der Waals surface area contributed by atoms with Crippen molar-refractivity contribution in [2.75, 3.05) is 6.54 Å². The first-order valence-electron chi connectivity index (χ1n) is 18.6. The summed E-state index contributed by atoms with van der Waals surface area (Å²) in [4.78, 5) is 62.3. The molecule has 2 aromatic carbocycles. The molecule has 5 atom stereocenters. The SMILES string of the molecule is Cc1cc(C(=O)N[C@H]2CCCCCC=C[C@@H]3C[C@@]3(C(=O)NS(=O)(=O)C3CC3)NC(=O)[C@@H]3C[C@@H](Oc4nc5ccccc5c5ccccc45)CN3C2=O)no1. The zero-order valence-corrected chi connectivity index (χ0v) is 30.6. The van der Waals surface area contributed by atoms with Crippen molar-refractivity contribution in [1.82, 2.24) is 30.4 Å². The normalized spacial score (nSPS) is 26.3. The molecule has 4 aromatic rings. The van der Waals surface area contributed by atoms with Gasteiger partial charge >= 0.3 is 0 Å². The fraction of sp³-hybridized carbons (Fsp3) is 0.436. The second-order valence-corrected chi connectivity index (χ2v) is 16.8. The maximum atomic E-state index is 14.6. The van der Waals surface area contributed by atoms with Crippen molar-refractivity contribution < 1.29 is 36.9 Å². The number of carbonyl (C=O) groups excluding carboxylic acids is 4. The third kappa shape index (κ3) is 7.04. The van der Waals surface area contributed by atoms with Gasteiger partial charge in [0.1, 0.15) is 29.5 Å². The summed E-state index contributed by atoms with van der Waals surface area (Å²) in [6.07, 6.45) is 7.52. The third-order valence-corrected chi connectivity index (χ3v) is 12.7. The second kappa shape index (κ2) is 14.2. The molecule has 4 amide bonds. The summed E-state index contributed by atoms with van der Waals surface area (Å²) in [6, 6.07) is 14.8. The standard InChI is InChI=1S/C39H42N6O8S/c1-23-19-32(43-53-23)34(46)40-31-16-6-4-2-3-5-11-24-21-39(24,38(49)44-54(50,51)26-17-18-26)42-35(47)33-20-25(22-45(33)37(31)48)52-36-29-14-8-7-12-27(29)28-13-9-10-15-30(28)41-36/h5,7-15,19,24-26,31,33H,2-4,6,16-18,20-22H2,1H3,(H,40,46)(H,42,47)(H,44,49)/t24-,25-,31+,33+,39-/m1/s1. The molecule has 3 N–H and O–H groups in total. The second-order valence-electron chi connectivity index (χ2n) is 14.8. The van der Waals surface area contributed by atoms with Crippen LogP contribution in [0.15, 0.2) is 71.3 Å². The molecule has 8 rings (SSSR count). The lowest BCUT2D eigenvalue weighted by Crippen LogP contribution is -2.58. The first-order valence-corrected chi connectivity index (χ1v) is 20.1. The Morgan fingerprint density at radius 3 is 2.52 bits per heavy atom. The van der Waals surface area contributed by atoms with E-state index < -0.39 is 68.5 Å². The van der Waals surface area contributed by atoms with Gasteiger partial charge in [-0.25, -0.2) is 13.4 Å². The highest BCUT2D eigenvalue weighted by Crippen LogP contribution is 2.46. The summed E-state index contributed by atoms with van der Waals surface area (Å²) in [6.45, 7) is 1.65. The van der Waals surface area contributed by atoms with Crippen LogP contribution in [0.3, 0.4) is 0 Å². The lowest BCUT2D eigenvalue weighted by molar-refractivity contribution is -0.141. The van der Waals surface area contributed by atoms with Crippen molar-refractivity contribution in [3.8, 4) is 5.88 Å². The molecule has 2 aliphatic carbocycles. The molecule has 3 fully saturated rings. The van der Waals surface area contributed by atoms with Gasteiger partial charge in [0.15, 0.2) is 5.69 Å². The molecule has 14 nitrogen and oxygen atoms in total. The van der Waals surface area contributed by atoms with Crippen LogP contribution in [0.4, 0.5) is 0 Å². The van der Waals surface area contributed by atoms with Gasteiger partial charge in [-0.05, 0) is 63.0 Å². The number of rotatable bonds is 7. The molecule has 2 saturated carbocycles. The van der Waals surface area contributed by atoms with Crippen LogP contribution in [0.2, 0.25) is 0 Å². The van der Waals surface area contributed by atoms with E-state index in [1.165, 1.54) is 11.0 Å². The lowest BCUT2D eigenvalue weighted by atomic mass is 10.0. The number of amides is 4. The number of hydrogen-bond donors (Lipinski definition) is 3. The number of nitrogens with zero attached hydrogens (tertiary/aromatic N) is 3. The van der Waals surface area contributed by atoms with Gasteiger partial charge < -0.3 is 24.8 Å². The number of aryl methyl sites for hydroxylation is 1. The number of allylic oxidation sites excluding steroid dienone is 1.